The third-order valence-corrected chi connectivity index (χ3v) is 6.77. The van der Waals surface area contributed by atoms with Crippen LogP contribution in [-0.4, -0.2) is 31.1 Å². The minimum absolute atomic E-state index is 0.00781. The number of nitrogens with one attached hydrogen (secondary N) is 2. The topological polar surface area (TPSA) is 76.7 Å². The standard InChI is InChI=1S/C23H23Cl2FN2O4/c1-31-20-5-2-13(6-18(20)25)11-27-22(30)16-10-23(8-14(16)9-23)28-21(29)12-32-15-3-4-17(24)19(26)7-15/h2-7,14,16H,8-12H2,1H3,(H,27,30)(H,28,29)/t14?,16-,23?/m1/s1. The molecule has 5 rings (SSSR count). The van der Waals surface area contributed by atoms with E-state index in [2.05, 4.69) is 10.6 Å². The number of methoxy groups -OCH3 is 1. The lowest BCUT2D eigenvalue weighted by atomic mass is 9.76. The fourth-order valence-corrected chi connectivity index (χ4v) is 5.03. The smallest absolute Gasteiger partial charge is 0.258 e. The van der Waals surface area contributed by atoms with E-state index < -0.39 is 5.82 Å². The predicted octanol–water partition coefficient (Wildman–Crippen LogP) is 4.12. The molecule has 0 saturated heterocycles. The molecule has 3 fully saturated rings. The lowest BCUT2D eigenvalue weighted by Gasteiger charge is -2.39. The molecule has 0 heterocycles. The maximum Gasteiger partial charge on any atom is 0.258 e. The molecule has 3 aliphatic rings. The Kier molecular flexibility index (Phi) is 6.49. The Morgan fingerprint density at radius 1 is 1.12 bits per heavy atom. The van der Waals surface area contributed by atoms with Gasteiger partial charge in [-0.1, -0.05) is 29.3 Å². The Labute approximate surface area is 195 Å². The van der Waals surface area contributed by atoms with Gasteiger partial charge in [0.1, 0.15) is 17.3 Å². The van der Waals surface area contributed by atoms with Crippen molar-refractivity contribution >= 4 is 35.0 Å². The number of rotatable bonds is 8. The summed E-state index contributed by atoms with van der Waals surface area (Å²) in [5.74, 6) is -0.00587. The molecular formula is C23H23Cl2FN2O4. The van der Waals surface area contributed by atoms with Crippen LogP contribution < -0.4 is 20.1 Å². The van der Waals surface area contributed by atoms with Crippen LogP contribution in [-0.2, 0) is 16.1 Å². The molecule has 2 N–H and O–H groups in total. The average molecular weight is 481 g/mol. The third-order valence-electron chi connectivity index (χ3n) is 6.17. The molecule has 170 valence electrons. The minimum Gasteiger partial charge on any atom is -0.495 e. The van der Waals surface area contributed by atoms with E-state index in [0.717, 1.165) is 24.5 Å². The minimum atomic E-state index is -0.605. The van der Waals surface area contributed by atoms with Gasteiger partial charge in [-0.3, -0.25) is 9.59 Å². The van der Waals surface area contributed by atoms with Crippen molar-refractivity contribution in [3.63, 3.8) is 0 Å². The van der Waals surface area contributed by atoms with E-state index in [9.17, 15) is 14.0 Å². The molecular weight excluding hydrogens is 458 g/mol. The van der Waals surface area contributed by atoms with Gasteiger partial charge in [-0.2, -0.15) is 0 Å². The number of hydrogen-bond donors (Lipinski definition) is 2. The zero-order valence-corrected chi connectivity index (χ0v) is 18.9. The predicted molar refractivity (Wildman–Crippen MR) is 118 cm³/mol. The van der Waals surface area contributed by atoms with E-state index in [1.807, 2.05) is 6.07 Å². The lowest BCUT2D eigenvalue weighted by molar-refractivity contribution is -0.126. The molecule has 3 aliphatic carbocycles. The molecule has 9 heteroatoms. The fraction of sp³-hybridized carbons (Fsp3) is 0.391. The van der Waals surface area contributed by atoms with Crippen molar-refractivity contribution in [3.8, 4) is 11.5 Å². The maximum atomic E-state index is 13.5. The van der Waals surface area contributed by atoms with Crippen LogP contribution >= 0.6 is 23.2 Å². The van der Waals surface area contributed by atoms with Crippen LogP contribution in [0.4, 0.5) is 4.39 Å². The molecule has 0 unspecified atom stereocenters. The number of carbonyl (C=O) groups is 2. The van der Waals surface area contributed by atoms with Gasteiger partial charge in [0.15, 0.2) is 6.61 Å². The molecule has 32 heavy (non-hydrogen) atoms. The number of fused-ring (bicyclic) bond motifs is 1. The largest absolute Gasteiger partial charge is 0.495 e. The summed E-state index contributed by atoms with van der Waals surface area (Å²) in [5, 5.41) is 6.45. The first-order chi connectivity index (χ1) is 15.3. The second-order valence-electron chi connectivity index (χ2n) is 8.36. The summed E-state index contributed by atoms with van der Waals surface area (Å²) in [6, 6.07) is 9.40. The molecule has 6 nitrogen and oxygen atoms in total. The molecule has 2 amide bonds. The van der Waals surface area contributed by atoms with Crippen LogP contribution in [0.3, 0.4) is 0 Å². The normalized spacial score (nSPS) is 23.2. The van der Waals surface area contributed by atoms with E-state index in [1.54, 1.807) is 19.2 Å². The quantitative estimate of drug-likeness (QED) is 0.595. The Hall–Kier alpha value is -2.51. The number of benzene rings is 2. The molecule has 2 bridgehead atoms. The van der Waals surface area contributed by atoms with Gasteiger partial charge in [-0.25, -0.2) is 4.39 Å². The van der Waals surface area contributed by atoms with Gasteiger partial charge in [-0.05, 0) is 55.0 Å². The first-order valence-electron chi connectivity index (χ1n) is 10.3. The molecule has 0 spiro atoms. The zero-order chi connectivity index (χ0) is 22.9. The van der Waals surface area contributed by atoms with Crippen LogP contribution in [0.25, 0.3) is 0 Å². The van der Waals surface area contributed by atoms with Crippen LogP contribution in [0.15, 0.2) is 36.4 Å². The van der Waals surface area contributed by atoms with Gasteiger partial charge in [0.25, 0.3) is 5.91 Å². The number of carbonyl (C=O) groups excluding carboxylic acids is 2. The number of ether oxygens (including phenoxy) is 2. The number of hydrogen-bond acceptors (Lipinski definition) is 4. The van der Waals surface area contributed by atoms with Crippen molar-refractivity contribution in [2.24, 2.45) is 11.8 Å². The Morgan fingerprint density at radius 3 is 2.59 bits per heavy atom. The van der Waals surface area contributed by atoms with Crippen molar-refractivity contribution in [2.75, 3.05) is 13.7 Å². The van der Waals surface area contributed by atoms with Crippen LogP contribution in [0.5, 0.6) is 11.5 Å². The highest BCUT2D eigenvalue weighted by atomic mass is 35.5. The summed E-state index contributed by atoms with van der Waals surface area (Å²) in [6.07, 6.45) is 2.12. The summed E-state index contributed by atoms with van der Waals surface area (Å²) in [6.45, 7) is 0.138. The van der Waals surface area contributed by atoms with E-state index in [1.165, 1.54) is 12.1 Å². The highest BCUT2D eigenvalue weighted by Gasteiger charge is 2.58. The van der Waals surface area contributed by atoms with Crippen LogP contribution in [0, 0.1) is 17.7 Å². The van der Waals surface area contributed by atoms with Gasteiger partial charge in [0, 0.05) is 24.1 Å². The maximum absolute atomic E-state index is 13.5. The molecule has 3 saturated carbocycles. The molecule has 0 aromatic heterocycles. The molecule has 0 radical (unpaired) electrons. The summed E-state index contributed by atoms with van der Waals surface area (Å²) in [5.41, 5.74) is 0.509. The van der Waals surface area contributed by atoms with Crippen molar-refractivity contribution in [3.05, 3.63) is 57.8 Å². The van der Waals surface area contributed by atoms with Crippen molar-refractivity contribution in [2.45, 2.75) is 31.3 Å². The van der Waals surface area contributed by atoms with E-state index in [4.69, 9.17) is 32.7 Å². The summed E-state index contributed by atoms with van der Waals surface area (Å²) in [4.78, 5) is 25.1. The summed E-state index contributed by atoms with van der Waals surface area (Å²) in [7, 11) is 1.55. The van der Waals surface area contributed by atoms with Crippen LogP contribution in [0.1, 0.15) is 24.8 Å². The third kappa shape index (κ3) is 4.79. The van der Waals surface area contributed by atoms with Crippen molar-refractivity contribution in [1.82, 2.24) is 10.6 Å². The summed E-state index contributed by atoms with van der Waals surface area (Å²) >= 11 is 11.8. The van der Waals surface area contributed by atoms with Gasteiger partial charge in [-0.15, -0.1) is 0 Å². The fourth-order valence-electron chi connectivity index (χ4n) is 4.63. The van der Waals surface area contributed by atoms with Gasteiger partial charge >= 0.3 is 0 Å². The molecule has 0 aliphatic heterocycles. The first kappa shape index (κ1) is 22.7. The Balaban J connectivity index is 1.25. The lowest BCUT2D eigenvalue weighted by Crippen LogP contribution is -2.53. The highest BCUT2D eigenvalue weighted by Crippen LogP contribution is 2.55. The van der Waals surface area contributed by atoms with Gasteiger partial charge < -0.3 is 20.1 Å². The number of halogens is 3. The molecule has 1 atom stereocenters. The number of amides is 2. The Bertz CT molecular complexity index is 1040. The van der Waals surface area contributed by atoms with Crippen molar-refractivity contribution in [1.29, 1.82) is 0 Å². The summed E-state index contributed by atoms with van der Waals surface area (Å²) < 4.78 is 24.0. The molecule has 2 aromatic carbocycles. The van der Waals surface area contributed by atoms with E-state index in [-0.39, 0.29) is 46.6 Å². The van der Waals surface area contributed by atoms with Gasteiger partial charge in [0.2, 0.25) is 5.91 Å². The zero-order valence-electron chi connectivity index (χ0n) is 17.4. The van der Waals surface area contributed by atoms with Crippen LogP contribution in [0.2, 0.25) is 10.0 Å². The first-order valence-corrected chi connectivity index (χ1v) is 11.0. The van der Waals surface area contributed by atoms with Gasteiger partial charge in [0.05, 0.1) is 17.2 Å². The van der Waals surface area contributed by atoms with Crippen molar-refractivity contribution < 1.29 is 23.5 Å². The second kappa shape index (κ2) is 9.16. The van der Waals surface area contributed by atoms with E-state index in [0.29, 0.717) is 23.7 Å². The molecule has 2 aromatic rings. The highest BCUT2D eigenvalue weighted by molar-refractivity contribution is 6.32. The average Bonchev–Trinajstić information content (AvgIpc) is 3.28. The monoisotopic (exact) mass is 480 g/mol. The second-order valence-corrected chi connectivity index (χ2v) is 9.17. The van der Waals surface area contributed by atoms with E-state index >= 15 is 0 Å². The SMILES string of the molecule is COc1ccc(CNC(=O)[C@@H]2CC3(NC(=O)COc4ccc(Cl)c(F)c4)CC2C3)cc1Cl. The Morgan fingerprint density at radius 2 is 1.91 bits per heavy atom.